The van der Waals surface area contributed by atoms with Crippen LogP contribution in [-0.4, -0.2) is 33.9 Å². The molecular formula is C13H19BrN2O2S. The Balaban J connectivity index is 2.53. The van der Waals surface area contributed by atoms with Crippen LogP contribution in [0.25, 0.3) is 0 Å². The zero-order chi connectivity index (χ0) is 14.3. The Morgan fingerprint density at radius 2 is 2.37 bits per heavy atom. The van der Waals surface area contributed by atoms with Gasteiger partial charge < -0.3 is 10.4 Å². The summed E-state index contributed by atoms with van der Waals surface area (Å²) < 4.78 is 0.943. The van der Waals surface area contributed by atoms with Crippen LogP contribution in [-0.2, 0) is 4.79 Å². The number of carbonyl (C=O) groups is 1. The molecule has 1 atom stereocenters. The van der Waals surface area contributed by atoms with Gasteiger partial charge >= 0.3 is 5.97 Å². The van der Waals surface area contributed by atoms with Gasteiger partial charge in [-0.1, -0.05) is 6.92 Å². The van der Waals surface area contributed by atoms with E-state index in [0.717, 1.165) is 15.9 Å². The minimum Gasteiger partial charge on any atom is -0.480 e. The van der Waals surface area contributed by atoms with Crippen molar-refractivity contribution in [3.05, 3.63) is 22.8 Å². The lowest BCUT2D eigenvalue weighted by molar-refractivity contribution is -0.144. The Hall–Kier alpha value is -0.590. The van der Waals surface area contributed by atoms with Crippen molar-refractivity contribution in [2.24, 2.45) is 0 Å². The number of hydrogen-bond donors (Lipinski definition) is 2. The Morgan fingerprint density at radius 3 is 2.95 bits per heavy atom. The molecule has 106 valence electrons. The molecule has 0 saturated carbocycles. The average molecular weight is 347 g/mol. The van der Waals surface area contributed by atoms with Gasteiger partial charge in [0.15, 0.2) is 0 Å². The largest absolute Gasteiger partial charge is 0.480 e. The van der Waals surface area contributed by atoms with E-state index in [0.29, 0.717) is 18.7 Å². The van der Waals surface area contributed by atoms with Crippen molar-refractivity contribution in [3.8, 4) is 0 Å². The maximum absolute atomic E-state index is 11.3. The maximum Gasteiger partial charge on any atom is 0.323 e. The average Bonchev–Trinajstić information content (AvgIpc) is 2.38. The number of hydrogen-bond acceptors (Lipinski definition) is 4. The number of halogens is 1. The second kappa shape index (κ2) is 7.87. The zero-order valence-corrected chi connectivity index (χ0v) is 13.6. The molecule has 2 N–H and O–H groups in total. The molecular weight excluding hydrogens is 328 g/mol. The first-order chi connectivity index (χ1) is 8.99. The number of rotatable bonds is 8. The Morgan fingerprint density at radius 1 is 1.63 bits per heavy atom. The van der Waals surface area contributed by atoms with Crippen molar-refractivity contribution in [3.63, 3.8) is 0 Å². The van der Waals surface area contributed by atoms with Gasteiger partial charge in [-0.05, 0) is 54.4 Å². The van der Waals surface area contributed by atoms with E-state index in [1.165, 1.54) is 0 Å². The number of carboxylic acid groups (broad SMARTS) is 1. The van der Waals surface area contributed by atoms with Crippen molar-refractivity contribution < 1.29 is 9.90 Å². The minimum absolute atomic E-state index is 0.552. The molecule has 0 amide bonds. The normalized spacial score (nSPS) is 14.1. The van der Waals surface area contributed by atoms with E-state index in [4.69, 9.17) is 0 Å². The fourth-order valence-electron chi connectivity index (χ4n) is 1.50. The van der Waals surface area contributed by atoms with Crippen LogP contribution in [0.15, 0.2) is 27.8 Å². The summed E-state index contributed by atoms with van der Waals surface area (Å²) in [5.74, 6) is -0.101. The van der Waals surface area contributed by atoms with Gasteiger partial charge in [0.25, 0.3) is 0 Å². The second-order valence-electron chi connectivity index (χ2n) is 4.45. The number of aromatic nitrogens is 1. The Kier molecular flexibility index (Phi) is 6.82. The molecule has 1 aromatic rings. The lowest BCUT2D eigenvalue weighted by Crippen LogP contribution is -2.50. The molecule has 0 bridgehead atoms. The van der Waals surface area contributed by atoms with E-state index in [1.54, 1.807) is 24.9 Å². The summed E-state index contributed by atoms with van der Waals surface area (Å²) in [5, 5.41) is 13.3. The van der Waals surface area contributed by atoms with Crippen molar-refractivity contribution in [2.75, 3.05) is 12.3 Å². The Labute approximate surface area is 126 Å². The predicted octanol–water partition coefficient (Wildman–Crippen LogP) is 3.17. The number of aliphatic carboxylic acids is 1. The molecule has 0 aliphatic carbocycles. The van der Waals surface area contributed by atoms with Gasteiger partial charge in [-0.2, -0.15) is 0 Å². The second-order valence-corrected chi connectivity index (χ2v) is 6.39. The SMILES string of the molecule is CCCNC(C)(CCSc1ncccc1Br)C(=O)O. The molecule has 0 spiro atoms. The van der Waals surface area contributed by atoms with Gasteiger partial charge in [0.05, 0.1) is 0 Å². The number of pyridine rings is 1. The van der Waals surface area contributed by atoms with Crippen LogP contribution in [0.2, 0.25) is 0 Å². The van der Waals surface area contributed by atoms with Crippen LogP contribution in [0.3, 0.4) is 0 Å². The van der Waals surface area contributed by atoms with Gasteiger partial charge in [0, 0.05) is 16.4 Å². The fraction of sp³-hybridized carbons (Fsp3) is 0.538. The van der Waals surface area contributed by atoms with E-state index in [9.17, 15) is 9.90 Å². The van der Waals surface area contributed by atoms with Crippen LogP contribution in [0.4, 0.5) is 0 Å². The van der Waals surface area contributed by atoms with Crippen LogP contribution in [0.1, 0.15) is 26.7 Å². The molecule has 0 aliphatic heterocycles. The number of nitrogens with zero attached hydrogens (tertiary/aromatic N) is 1. The molecule has 6 heteroatoms. The predicted molar refractivity (Wildman–Crippen MR) is 81.6 cm³/mol. The lowest BCUT2D eigenvalue weighted by Gasteiger charge is -2.26. The molecule has 0 aliphatic rings. The van der Waals surface area contributed by atoms with Crippen molar-refractivity contribution in [2.45, 2.75) is 37.3 Å². The molecule has 1 aromatic heterocycles. The van der Waals surface area contributed by atoms with Gasteiger partial charge in [-0.15, -0.1) is 11.8 Å². The van der Waals surface area contributed by atoms with E-state index < -0.39 is 11.5 Å². The van der Waals surface area contributed by atoms with E-state index in [1.807, 2.05) is 19.1 Å². The van der Waals surface area contributed by atoms with Gasteiger partial charge in [0.1, 0.15) is 10.6 Å². The van der Waals surface area contributed by atoms with Crippen LogP contribution in [0, 0.1) is 0 Å². The minimum atomic E-state index is -0.871. The summed E-state index contributed by atoms with van der Waals surface area (Å²) >= 11 is 5.00. The third-order valence-corrected chi connectivity index (χ3v) is 4.71. The number of carboxylic acids is 1. The summed E-state index contributed by atoms with van der Waals surface area (Å²) in [6.07, 6.45) is 3.20. The van der Waals surface area contributed by atoms with Crippen LogP contribution < -0.4 is 5.32 Å². The highest BCUT2D eigenvalue weighted by Crippen LogP contribution is 2.26. The smallest absolute Gasteiger partial charge is 0.323 e. The molecule has 19 heavy (non-hydrogen) atoms. The van der Waals surface area contributed by atoms with Crippen molar-refractivity contribution >= 4 is 33.7 Å². The molecule has 0 aromatic carbocycles. The topological polar surface area (TPSA) is 62.2 Å². The Bertz CT molecular complexity index is 431. The van der Waals surface area contributed by atoms with Crippen molar-refractivity contribution in [1.82, 2.24) is 10.3 Å². The van der Waals surface area contributed by atoms with Crippen LogP contribution in [0.5, 0.6) is 0 Å². The highest BCUT2D eigenvalue weighted by Gasteiger charge is 2.31. The highest BCUT2D eigenvalue weighted by molar-refractivity contribution is 9.10. The molecule has 0 radical (unpaired) electrons. The first-order valence-corrected chi connectivity index (χ1v) is 7.99. The fourth-order valence-corrected chi connectivity index (χ4v) is 3.14. The molecule has 4 nitrogen and oxygen atoms in total. The van der Waals surface area contributed by atoms with E-state index in [-0.39, 0.29) is 0 Å². The quantitative estimate of drug-likeness (QED) is 0.708. The van der Waals surface area contributed by atoms with E-state index >= 15 is 0 Å². The number of thioether (sulfide) groups is 1. The highest BCUT2D eigenvalue weighted by atomic mass is 79.9. The molecule has 1 unspecified atom stereocenters. The van der Waals surface area contributed by atoms with Gasteiger partial charge in [-0.25, -0.2) is 4.98 Å². The third kappa shape index (κ3) is 5.12. The monoisotopic (exact) mass is 346 g/mol. The third-order valence-electron chi connectivity index (χ3n) is 2.80. The molecule has 0 fully saturated rings. The standard InChI is InChI=1S/C13H19BrN2O2S/c1-3-7-16-13(2,12(17)18)6-9-19-11-10(14)5-4-8-15-11/h4-5,8,16H,3,6-7,9H2,1-2H3,(H,17,18). The summed E-state index contributed by atoms with van der Waals surface area (Å²) in [6, 6.07) is 3.79. The van der Waals surface area contributed by atoms with Crippen molar-refractivity contribution in [1.29, 1.82) is 0 Å². The summed E-state index contributed by atoms with van der Waals surface area (Å²) in [7, 11) is 0. The molecule has 0 saturated heterocycles. The molecule has 1 rings (SSSR count). The van der Waals surface area contributed by atoms with E-state index in [2.05, 4.69) is 26.2 Å². The summed E-state index contributed by atoms with van der Waals surface area (Å²) in [4.78, 5) is 15.6. The summed E-state index contributed by atoms with van der Waals surface area (Å²) in [5.41, 5.74) is -0.871. The van der Waals surface area contributed by atoms with Gasteiger partial charge in [-0.3, -0.25) is 4.79 Å². The number of nitrogens with one attached hydrogen (secondary N) is 1. The first-order valence-electron chi connectivity index (χ1n) is 6.21. The first kappa shape index (κ1) is 16.5. The summed E-state index contributed by atoms with van der Waals surface area (Å²) in [6.45, 7) is 4.47. The lowest BCUT2D eigenvalue weighted by atomic mass is 9.99. The van der Waals surface area contributed by atoms with Gasteiger partial charge in [0.2, 0.25) is 0 Å². The molecule has 1 heterocycles. The van der Waals surface area contributed by atoms with Crippen LogP contribution >= 0.6 is 27.7 Å². The zero-order valence-electron chi connectivity index (χ0n) is 11.1. The maximum atomic E-state index is 11.3.